The second kappa shape index (κ2) is 20.0. The Bertz CT molecular complexity index is 3370. The van der Waals surface area contributed by atoms with Gasteiger partial charge in [0.2, 0.25) is 0 Å². The van der Waals surface area contributed by atoms with Gasteiger partial charge in [0, 0.05) is 33.9 Å². The predicted octanol–water partition coefficient (Wildman–Crippen LogP) is 9.47. The first-order chi connectivity index (χ1) is 31.8. The molecule has 0 saturated heterocycles. The lowest BCUT2D eigenvalue weighted by molar-refractivity contribution is 0.319. The van der Waals surface area contributed by atoms with E-state index in [4.69, 9.17) is 24.5 Å². The van der Waals surface area contributed by atoms with E-state index >= 15 is 0 Å². The molecule has 23 heteroatoms. The Morgan fingerprint density at radius 3 is 1.87 bits per heavy atom. The SMILES string of the molecule is Cc1cc(N=Nc2c(S(=O)(=O)O)cc3cc(NCOc4ccc(N)cc4)ccc3c2O)ccc1N=Nc1ccc(OCNc2ccc3cc(S(=O)(=O)O)cc(OCCCS(=O)(=O)O)c3c2)cc1. The molecule has 20 nitrogen and oxygen atoms in total. The van der Waals surface area contributed by atoms with E-state index in [2.05, 4.69) is 31.1 Å². The molecule has 67 heavy (non-hydrogen) atoms. The average Bonchev–Trinajstić information content (AvgIpc) is 3.27. The molecule has 0 fully saturated rings. The average molecular weight is 972 g/mol. The van der Waals surface area contributed by atoms with Crippen LogP contribution >= 0.6 is 0 Å². The van der Waals surface area contributed by atoms with Crippen LogP contribution in [0.3, 0.4) is 0 Å². The number of benzene rings is 7. The van der Waals surface area contributed by atoms with Crippen LogP contribution in [-0.2, 0) is 30.4 Å². The van der Waals surface area contributed by atoms with Gasteiger partial charge in [-0.25, -0.2) is 0 Å². The fraction of sp³-hybridized carbons (Fsp3) is 0.136. The van der Waals surface area contributed by atoms with E-state index in [0.29, 0.717) is 67.3 Å². The molecule has 0 radical (unpaired) electrons. The molecule has 0 bridgehead atoms. The number of hydrogen-bond donors (Lipinski definition) is 7. The Labute approximate surface area is 384 Å². The number of phenols is 1. The lowest BCUT2D eigenvalue weighted by atomic mass is 10.1. The van der Waals surface area contributed by atoms with Gasteiger partial charge in [0.15, 0.2) is 19.2 Å². The van der Waals surface area contributed by atoms with Gasteiger partial charge in [-0.3, -0.25) is 13.7 Å². The van der Waals surface area contributed by atoms with E-state index in [1.54, 1.807) is 110 Å². The van der Waals surface area contributed by atoms with Crippen molar-refractivity contribution in [1.82, 2.24) is 0 Å². The molecule has 7 aromatic carbocycles. The first kappa shape index (κ1) is 47.5. The van der Waals surface area contributed by atoms with Gasteiger partial charge in [0.1, 0.15) is 27.8 Å². The quantitative estimate of drug-likeness (QED) is 0.0130. The summed E-state index contributed by atoms with van der Waals surface area (Å²) in [5.41, 5.74) is 8.91. The first-order valence-corrected chi connectivity index (χ1v) is 24.3. The van der Waals surface area contributed by atoms with Crippen LogP contribution in [0.25, 0.3) is 21.5 Å². The van der Waals surface area contributed by atoms with Gasteiger partial charge in [0.25, 0.3) is 30.4 Å². The molecular weight excluding hydrogens is 931 g/mol. The van der Waals surface area contributed by atoms with Gasteiger partial charge < -0.3 is 35.7 Å². The van der Waals surface area contributed by atoms with Crippen LogP contribution in [0.15, 0.2) is 152 Å². The van der Waals surface area contributed by atoms with E-state index in [9.17, 15) is 39.5 Å². The first-order valence-electron chi connectivity index (χ1n) is 19.8. The molecule has 0 aliphatic carbocycles. The summed E-state index contributed by atoms with van der Waals surface area (Å²) in [4.78, 5) is -1.05. The summed E-state index contributed by atoms with van der Waals surface area (Å²) in [7, 11) is -13.7. The zero-order valence-electron chi connectivity index (χ0n) is 35.1. The Morgan fingerprint density at radius 2 is 1.22 bits per heavy atom. The van der Waals surface area contributed by atoms with Gasteiger partial charge in [-0.1, -0.05) is 6.07 Å². The third-order valence-corrected chi connectivity index (χ3v) is 12.3. The standard InChI is InChI=1S/C44H41N7O13S3/c1-27-19-34(49-51-43-42(67(59,60)61)22-29-20-32(9-15-38(29)44(43)52)46-25-63-35-11-4-30(45)5-12-35)10-16-40(27)50-48-31-7-13-36(14-8-31)64-26-47-33-6-3-28-21-37(66(56,57)58)24-41(39(28)23-33)62-17-2-18-65(53,54)55/h3-16,19-24,46-47,52H,2,17-18,25-26,45H2,1H3,(H,53,54,55)(H,56,57,58)(H,59,60,61). The number of hydrogen-bond acceptors (Lipinski definition) is 17. The molecule has 0 aliphatic rings. The molecular formula is C44H41N7O13S3. The summed E-state index contributed by atoms with van der Waals surface area (Å²) < 4.78 is 117. The maximum Gasteiger partial charge on any atom is 0.296 e. The molecule has 0 saturated carbocycles. The number of fused-ring (bicyclic) bond motifs is 2. The molecule has 7 rings (SSSR count). The van der Waals surface area contributed by atoms with Crippen molar-refractivity contribution >= 4 is 91.7 Å². The highest BCUT2D eigenvalue weighted by Gasteiger charge is 2.22. The monoisotopic (exact) mass is 971 g/mol. The highest BCUT2D eigenvalue weighted by atomic mass is 32.2. The molecule has 7 aromatic rings. The molecule has 0 unspecified atom stereocenters. The van der Waals surface area contributed by atoms with E-state index < -0.39 is 57.3 Å². The van der Waals surface area contributed by atoms with Crippen LogP contribution < -0.4 is 30.6 Å². The summed E-state index contributed by atoms with van der Waals surface area (Å²) >= 11 is 0. The second-order valence-corrected chi connectivity index (χ2v) is 19.1. The van der Waals surface area contributed by atoms with Gasteiger partial charge in [-0.2, -0.15) is 40.6 Å². The molecule has 0 atom stereocenters. The van der Waals surface area contributed by atoms with Crippen molar-refractivity contribution in [3.05, 3.63) is 127 Å². The predicted molar refractivity (Wildman–Crippen MR) is 251 cm³/mol. The topological polar surface area (TPSA) is 311 Å². The van der Waals surface area contributed by atoms with Crippen molar-refractivity contribution in [3.63, 3.8) is 0 Å². The maximum atomic E-state index is 12.5. The minimum absolute atomic E-state index is 0.0163. The second-order valence-electron chi connectivity index (χ2n) is 14.7. The Balaban J connectivity index is 0.968. The molecule has 348 valence electrons. The zero-order chi connectivity index (χ0) is 47.9. The number of azo groups is 2. The highest BCUT2D eigenvalue weighted by molar-refractivity contribution is 7.86. The van der Waals surface area contributed by atoms with Crippen LogP contribution in [0.2, 0.25) is 0 Å². The molecule has 0 aromatic heterocycles. The molecule has 0 amide bonds. The minimum atomic E-state index is -4.86. The summed E-state index contributed by atoms with van der Waals surface area (Å²) in [6, 6.07) is 31.7. The normalized spacial score (nSPS) is 12.2. The Morgan fingerprint density at radius 1 is 0.597 bits per heavy atom. The van der Waals surface area contributed by atoms with E-state index in [-0.39, 0.29) is 37.6 Å². The highest BCUT2D eigenvalue weighted by Crippen LogP contribution is 2.42. The number of anilines is 3. The van der Waals surface area contributed by atoms with Gasteiger partial charge in [-0.15, -0.1) is 5.11 Å². The maximum absolute atomic E-state index is 12.5. The molecule has 0 spiro atoms. The fourth-order valence-corrected chi connectivity index (χ4v) is 8.14. The van der Waals surface area contributed by atoms with Crippen LogP contribution in [0.5, 0.6) is 23.0 Å². The van der Waals surface area contributed by atoms with Gasteiger partial charge in [-0.05, 0) is 139 Å². The number of aromatic hydroxyl groups is 1. The number of aryl methyl sites for hydroxylation is 1. The number of nitrogens with two attached hydrogens (primary N) is 1. The van der Waals surface area contributed by atoms with Crippen molar-refractivity contribution in [1.29, 1.82) is 0 Å². The van der Waals surface area contributed by atoms with Crippen LogP contribution in [0.4, 0.5) is 39.8 Å². The smallest absolute Gasteiger partial charge is 0.296 e. The Hall–Kier alpha value is -7.41. The number of nitrogens with one attached hydrogen (secondary N) is 2. The summed E-state index contributed by atoms with van der Waals surface area (Å²) in [6.45, 7) is 1.69. The Kier molecular flexibility index (Phi) is 14.2. The third-order valence-electron chi connectivity index (χ3n) is 9.79. The minimum Gasteiger partial charge on any atom is -0.505 e. The number of ether oxygens (including phenoxy) is 3. The lowest BCUT2D eigenvalue weighted by Gasteiger charge is -2.14. The summed E-state index contributed by atoms with van der Waals surface area (Å²) in [5.74, 6) is 0.0879. The number of phenolic OH excluding ortho intramolecular Hbond substituents is 1. The van der Waals surface area contributed by atoms with Crippen LogP contribution in [0, 0.1) is 6.92 Å². The van der Waals surface area contributed by atoms with Crippen molar-refractivity contribution in [2.45, 2.75) is 23.1 Å². The van der Waals surface area contributed by atoms with Gasteiger partial charge in [0.05, 0.1) is 34.3 Å². The van der Waals surface area contributed by atoms with Crippen LogP contribution in [0.1, 0.15) is 12.0 Å². The van der Waals surface area contributed by atoms with Gasteiger partial charge >= 0.3 is 0 Å². The molecule has 8 N–H and O–H groups in total. The number of nitrogen functional groups attached to an aromatic ring is 1. The fourth-order valence-electron chi connectivity index (χ4n) is 6.47. The zero-order valence-corrected chi connectivity index (χ0v) is 37.6. The van der Waals surface area contributed by atoms with Crippen molar-refractivity contribution < 1.29 is 58.2 Å². The van der Waals surface area contributed by atoms with E-state index in [0.717, 1.165) is 6.07 Å². The van der Waals surface area contributed by atoms with Crippen molar-refractivity contribution in [2.75, 3.05) is 42.2 Å². The summed E-state index contributed by atoms with van der Waals surface area (Å²) in [5, 5.41) is 35.5. The summed E-state index contributed by atoms with van der Waals surface area (Å²) in [6.07, 6.45) is -0.0662. The van der Waals surface area contributed by atoms with Crippen LogP contribution in [-0.4, -0.2) is 69.8 Å². The third kappa shape index (κ3) is 12.7. The largest absolute Gasteiger partial charge is 0.505 e. The number of nitrogens with zero attached hydrogens (tertiary/aromatic N) is 4. The van der Waals surface area contributed by atoms with E-state index in [1.807, 2.05) is 0 Å². The van der Waals surface area contributed by atoms with Crippen molar-refractivity contribution in [3.8, 4) is 23.0 Å². The lowest BCUT2D eigenvalue weighted by Crippen LogP contribution is -2.10. The van der Waals surface area contributed by atoms with Crippen molar-refractivity contribution in [2.24, 2.45) is 20.5 Å². The number of rotatable bonds is 19. The van der Waals surface area contributed by atoms with E-state index in [1.165, 1.54) is 12.1 Å². The molecule has 0 aliphatic heterocycles. The molecule has 0 heterocycles.